The molecule has 5 heteroatoms. The average molecular weight is 324 g/mol. The number of hydrogen-bond acceptors (Lipinski definition) is 2. The predicted octanol–water partition coefficient (Wildman–Crippen LogP) is 3.91. The van der Waals surface area contributed by atoms with Gasteiger partial charge in [-0.3, -0.25) is 0 Å². The Morgan fingerprint density at radius 1 is 1.05 bits per heavy atom. The van der Waals surface area contributed by atoms with Crippen molar-refractivity contribution in [2.24, 2.45) is 5.92 Å². The van der Waals surface area contributed by atoms with Crippen LogP contribution in [-0.2, 0) is 10.0 Å². The molecule has 1 aliphatic heterocycles. The fraction of sp³-hybridized carbons (Fsp3) is 0.375. The molecule has 112 valence electrons. The second-order valence-corrected chi connectivity index (χ2v) is 7.99. The summed E-state index contributed by atoms with van der Waals surface area (Å²) in [4.78, 5) is 0.358. The van der Waals surface area contributed by atoms with E-state index in [2.05, 4.69) is 6.92 Å². The van der Waals surface area contributed by atoms with E-state index in [9.17, 15) is 8.42 Å². The number of piperidine rings is 1. The Balaban J connectivity index is 2.09. The zero-order valence-corrected chi connectivity index (χ0v) is 13.5. The van der Waals surface area contributed by atoms with Crippen LogP contribution in [0.3, 0.4) is 0 Å². The van der Waals surface area contributed by atoms with E-state index >= 15 is 0 Å². The van der Waals surface area contributed by atoms with Crippen molar-refractivity contribution in [3.8, 4) is 0 Å². The van der Waals surface area contributed by atoms with Crippen molar-refractivity contribution in [1.82, 2.24) is 4.31 Å². The fourth-order valence-corrected chi connectivity index (χ4v) is 4.72. The first kappa shape index (κ1) is 14.8. The molecule has 0 amide bonds. The summed E-state index contributed by atoms with van der Waals surface area (Å²) in [5.74, 6) is 0.596. The van der Waals surface area contributed by atoms with E-state index < -0.39 is 10.0 Å². The van der Waals surface area contributed by atoms with Crippen LogP contribution < -0.4 is 0 Å². The van der Waals surface area contributed by atoms with Crippen LogP contribution in [0.15, 0.2) is 41.3 Å². The van der Waals surface area contributed by atoms with E-state index in [1.807, 2.05) is 24.3 Å². The van der Waals surface area contributed by atoms with Crippen molar-refractivity contribution in [2.75, 3.05) is 13.1 Å². The van der Waals surface area contributed by atoms with Gasteiger partial charge < -0.3 is 0 Å². The number of nitrogens with zero attached hydrogens (tertiary/aromatic N) is 1. The van der Waals surface area contributed by atoms with Gasteiger partial charge in [-0.1, -0.05) is 42.8 Å². The Morgan fingerprint density at radius 3 is 2.33 bits per heavy atom. The van der Waals surface area contributed by atoms with Gasteiger partial charge in [0.2, 0.25) is 10.0 Å². The zero-order chi connectivity index (χ0) is 15.0. The lowest BCUT2D eigenvalue weighted by Crippen LogP contribution is -2.37. The van der Waals surface area contributed by atoms with Gasteiger partial charge in [-0.25, -0.2) is 8.42 Å². The molecule has 0 bridgehead atoms. The number of sulfonamides is 1. The van der Waals surface area contributed by atoms with Gasteiger partial charge in [0.15, 0.2) is 0 Å². The first-order valence-electron chi connectivity index (χ1n) is 7.17. The SMILES string of the molecule is CC1CCN(S(=O)(=O)c2ccc(Cl)c3ccccc23)CC1. The molecule has 0 aromatic heterocycles. The number of hydrogen-bond donors (Lipinski definition) is 0. The molecule has 0 atom stereocenters. The molecule has 1 heterocycles. The highest BCUT2D eigenvalue weighted by molar-refractivity contribution is 7.89. The van der Waals surface area contributed by atoms with Gasteiger partial charge in [0.25, 0.3) is 0 Å². The van der Waals surface area contributed by atoms with Crippen LogP contribution in [0.4, 0.5) is 0 Å². The molecule has 3 nitrogen and oxygen atoms in total. The molecule has 1 fully saturated rings. The van der Waals surface area contributed by atoms with Crippen molar-refractivity contribution in [2.45, 2.75) is 24.7 Å². The topological polar surface area (TPSA) is 37.4 Å². The third kappa shape index (κ3) is 2.68. The first-order valence-corrected chi connectivity index (χ1v) is 8.99. The Hall–Kier alpha value is -1.10. The number of benzene rings is 2. The highest BCUT2D eigenvalue weighted by atomic mass is 35.5. The summed E-state index contributed by atoms with van der Waals surface area (Å²) in [6.07, 6.45) is 1.84. The van der Waals surface area contributed by atoms with E-state index in [-0.39, 0.29) is 0 Å². The summed E-state index contributed by atoms with van der Waals surface area (Å²) < 4.78 is 27.4. The third-order valence-corrected chi connectivity index (χ3v) is 6.48. The number of rotatable bonds is 2. The maximum Gasteiger partial charge on any atom is 0.243 e. The number of fused-ring (bicyclic) bond motifs is 1. The van der Waals surface area contributed by atoms with Crippen molar-refractivity contribution in [3.05, 3.63) is 41.4 Å². The van der Waals surface area contributed by atoms with Gasteiger partial charge >= 0.3 is 0 Å². The van der Waals surface area contributed by atoms with Crippen LogP contribution >= 0.6 is 11.6 Å². The lowest BCUT2D eigenvalue weighted by atomic mass is 10.0. The van der Waals surface area contributed by atoms with Gasteiger partial charge in [-0.15, -0.1) is 0 Å². The minimum Gasteiger partial charge on any atom is -0.207 e. The molecule has 0 aliphatic carbocycles. The average Bonchev–Trinajstić information content (AvgIpc) is 2.48. The van der Waals surface area contributed by atoms with E-state index in [0.717, 1.165) is 18.2 Å². The molecular weight excluding hydrogens is 306 g/mol. The Labute approximate surface area is 130 Å². The molecule has 0 spiro atoms. The van der Waals surface area contributed by atoms with Crippen LogP contribution in [0.1, 0.15) is 19.8 Å². The van der Waals surface area contributed by atoms with Gasteiger partial charge in [0.05, 0.1) is 4.90 Å². The van der Waals surface area contributed by atoms with E-state index in [1.165, 1.54) is 0 Å². The molecule has 0 N–H and O–H groups in total. The predicted molar refractivity (Wildman–Crippen MR) is 86.1 cm³/mol. The molecule has 0 unspecified atom stereocenters. The maximum atomic E-state index is 12.9. The standard InChI is InChI=1S/C16H18ClNO2S/c1-12-8-10-18(11-9-12)21(19,20)16-7-6-15(17)13-4-2-3-5-14(13)16/h2-7,12H,8-11H2,1H3. The summed E-state index contributed by atoms with van der Waals surface area (Å²) in [6, 6.07) is 10.7. The summed E-state index contributed by atoms with van der Waals surface area (Å²) in [6.45, 7) is 3.36. The van der Waals surface area contributed by atoms with E-state index in [4.69, 9.17) is 11.6 Å². The smallest absolute Gasteiger partial charge is 0.207 e. The quantitative estimate of drug-likeness (QED) is 0.840. The van der Waals surface area contributed by atoms with E-state index in [1.54, 1.807) is 16.4 Å². The normalized spacial score (nSPS) is 18.2. The summed E-state index contributed by atoms with van der Waals surface area (Å²) >= 11 is 6.18. The molecule has 3 rings (SSSR count). The minimum atomic E-state index is -3.45. The van der Waals surface area contributed by atoms with Crippen LogP contribution in [0.5, 0.6) is 0 Å². The Bertz CT molecular complexity index is 765. The van der Waals surface area contributed by atoms with Crippen LogP contribution in [0.25, 0.3) is 10.8 Å². The van der Waals surface area contributed by atoms with Gasteiger partial charge in [-0.05, 0) is 30.9 Å². The van der Waals surface area contributed by atoms with E-state index in [0.29, 0.717) is 34.3 Å². The van der Waals surface area contributed by atoms with Crippen LogP contribution in [-0.4, -0.2) is 25.8 Å². The summed E-state index contributed by atoms with van der Waals surface area (Å²) in [5.41, 5.74) is 0. The second-order valence-electron chi connectivity index (χ2n) is 5.68. The first-order chi connectivity index (χ1) is 10.00. The third-order valence-electron chi connectivity index (χ3n) is 4.19. The molecular formula is C16H18ClNO2S. The second kappa shape index (κ2) is 5.59. The molecule has 21 heavy (non-hydrogen) atoms. The van der Waals surface area contributed by atoms with Crippen molar-refractivity contribution in [3.63, 3.8) is 0 Å². The van der Waals surface area contributed by atoms with Crippen LogP contribution in [0.2, 0.25) is 5.02 Å². The highest BCUT2D eigenvalue weighted by Gasteiger charge is 2.29. The van der Waals surface area contributed by atoms with Gasteiger partial charge in [0.1, 0.15) is 0 Å². The minimum absolute atomic E-state index is 0.358. The fourth-order valence-electron chi connectivity index (χ4n) is 2.82. The van der Waals surface area contributed by atoms with Crippen molar-refractivity contribution in [1.29, 1.82) is 0 Å². The molecule has 1 saturated heterocycles. The number of halogens is 1. The molecule has 1 aliphatic rings. The van der Waals surface area contributed by atoms with Crippen molar-refractivity contribution >= 4 is 32.4 Å². The summed E-state index contributed by atoms with van der Waals surface area (Å²) in [7, 11) is -3.45. The van der Waals surface area contributed by atoms with Gasteiger partial charge in [0, 0.05) is 28.9 Å². The Morgan fingerprint density at radius 2 is 1.67 bits per heavy atom. The molecule has 0 saturated carbocycles. The lowest BCUT2D eigenvalue weighted by Gasteiger charge is -2.29. The highest BCUT2D eigenvalue weighted by Crippen LogP contribution is 2.32. The monoisotopic (exact) mass is 323 g/mol. The largest absolute Gasteiger partial charge is 0.243 e. The Kier molecular flexibility index (Phi) is 3.95. The maximum absolute atomic E-state index is 12.9. The van der Waals surface area contributed by atoms with Crippen molar-refractivity contribution < 1.29 is 8.42 Å². The zero-order valence-electron chi connectivity index (χ0n) is 11.9. The van der Waals surface area contributed by atoms with Gasteiger partial charge in [-0.2, -0.15) is 4.31 Å². The molecule has 2 aromatic rings. The molecule has 0 radical (unpaired) electrons. The molecule has 2 aromatic carbocycles. The lowest BCUT2D eigenvalue weighted by molar-refractivity contribution is 0.288. The van der Waals surface area contributed by atoms with Crippen LogP contribution in [0, 0.1) is 5.92 Å². The summed E-state index contributed by atoms with van der Waals surface area (Å²) in [5, 5.41) is 2.06.